The third-order valence-electron chi connectivity index (χ3n) is 1.21. The Labute approximate surface area is 93.2 Å². The van der Waals surface area contributed by atoms with Gasteiger partial charge >= 0.3 is 0 Å². The van der Waals surface area contributed by atoms with E-state index in [4.69, 9.17) is 23.2 Å². The Kier molecular flexibility index (Phi) is 3.09. The third kappa shape index (κ3) is 1.62. The molecule has 12 heavy (non-hydrogen) atoms. The second kappa shape index (κ2) is 3.72. The van der Waals surface area contributed by atoms with Crippen LogP contribution in [0, 0.1) is 0 Å². The largest absolute Gasteiger partial charge is 0.329 e. The summed E-state index contributed by atoms with van der Waals surface area (Å²) in [6.45, 7) is 0. The van der Waals surface area contributed by atoms with Gasteiger partial charge in [-0.25, -0.2) is 9.97 Å². The SMILES string of the molecule is Clc1nc(Cl)c2nc[nH]c2n1.[Ag]. The second-order valence-corrected chi connectivity index (χ2v) is 2.58. The number of nitrogens with zero attached hydrogens (tertiary/aromatic N) is 3. The molecular formula is C5H2AgCl2N4. The molecule has 0 saturated heterocycles. The summed E-state index contributed by atoms with van der Waals surface area (Å²) in [5.41, 5.74) is 1.09. The number of hydrogen-bond acceptors (Lipinski definition) is 3. The van der Waals surface area contributed by atoms with E-state index in [0.717, 1.165) is 0 Å². The summed E-state index contributed by atoms with van der Waals surface area (Å²) >= 11 is 11.2. The molecule has 2 rings (SSSR count). The molecule has 0 aliphatic heterocycles. The molecule has 2 aromatic heterocycles. The smallest absolute Gasteiger partial charge is 0.225 e. The molecule has 0 saturated carbocycles. The molecule has 0 amide bonds. The van der Waals surface area contributed by atoms with Crippen LogP contribution in [0.1, 0.15) is 0 Å². The van der Waals surface area contributed by atoms with E-state index in [9.17, 15) is 0 Å². The summed E-state index contributed by atoms with van der Waals surface area (Å²) in [6, 6.07) is 0. The first-order valence-corrected chi connectivity index (χ1v) is 3.55. The molecule has 7 heteroatoms. The van der Waals surface area contributed by atoms with Crippen LogP contribution in [0.15, 0.2) is 6.33 Å². The molecule has 0 aromatic carbocycles. The first-order chi connectivity index (χ1) is 5.27. The zero-order valence-corrected chi connectivity index (χ0v) is 8.47. The molecule has 0 atom stereocenters. The van der Waals surface area contributed by atoms with Crippen LogP contribution >= 0.6 is 23.2 Å². The fraction of sp³-hybridized carbons (Fsp3) is 0. The average Bonchev–Trinajstić information content (AvgIpc) is 2.34. The normalized spacial score (nSPS) is 9.83. The number of fused-ring (bicyclic) bond motifs is 1. The van der Waals surface area contributed by atoms with E-state index in [0.29, 0.717) is 11.2 Å². The maximum Gasteiger partial charge on any atom is 0.225 e. The van der Waals surface area contributed by atoms with Gasteiger partial charge in [0.05, 0.1) is 6.33 Å². The second-order valence-electron chi connectivity index (χ2n) is 1.88. The molecule has 4 nitrogen and oxygen atoms in total. The summed E-state index contributed by atoms with van der Waals surface area (Å²) in [7, 11) is 0. The minimum absolute atomic E-state index is 0. The van der Waals surface area contributed by atoms with E-state index in [1.165, 1.54) is 6.33 Å². The van der Waals surface area contributed by atoms with Crippen LogP contribution in [-0.4, -0.2) is 19.9 Å². The fourth-order valence-corrected chi connectivity index (χ4v) is 1.21. The summed E-state index contributed by atoms with van der Waals surface area (Å²) in [5, 5.41) is 0.382. The van der Waals surface area contributed by atoms with Crippen molar-refractivity contribution < 1.29 is 22.4 Å². The van der Waals surface area contributed by atoms with E-state index in [-0.39, 0.29) is 32.8 Å². The van der Waals surface area contributed by atoms with Crippen LogP contribution in [0.5, 0.6) is 0 Å². The molecule has 2 heterocycles. The van der Waals surface area contributed by atoms with E-state index in [1.807, 2.05) is 0 Å². The Morgan fingerprint density at radius 1 is 1.25 bits per heavy atom. The summed E-state index contributed by atoms with van der Waals surface area (Å²) < 4.78 is 0. The van der Waals surface area contributed by atoms with Crippen molar-refractivity contribution in [3.05, 3.63) is 16.8 Å². The van der Waals surface area contributed by atoms with Crippen molar-refractivity contribution >= 4 is 34.4 Å². The number of aromatic amines is 1. The third-order valence-corrected chi connectivity index (χ3v) is 1.64. The molecule has 0 unspecified atom stereocenters. The van der Waals surface area contributed by atoms with Gasteiger partial charge in [0.1, 0.15) is 5.52 Å². The van der Waals surface area contributed by atoms with Gasteiger partial charge in [0.25, 0.3) is 0 Å². The van der Waals surface area contributed by atoms with E-state index in [2.05, 4.69) is 19.9 Å². The minimum atomic E-state index is 0. The van der Waals surface area contributed by atoms with Gasteiger partial charge in [-0.2, -0.15) is 4.98 Å². The molecule has 67 valence electrons. The number of hydrogen-bond donors (Lipinski definition) is 1. The predicted octanol–water partition coefficient (Wildman–Crippen LogP) is 1.66. The topological polar surface area (TPSA) is 54.5 Å². The first-order valence-electron chi connectivity index (χ1n) is 2.79. The molecule has 0 aliphatic rings. The van der Waals surface area contributed by atoms with Crippen molar-refractivity contribution in [3.63, 3.8) is 0 Å². The van der Waals surface area contributed by atoms with E-state index >= 15 is 0 Å². The molecule has 0 spiro atoms. The number of H-pyrrole nitrogens is 1. The van der Waals surface area contributed by atoms with Gasteiger partial charge in [0.2, 0.25) is 5.28 Å². The molecule has 0 bridgehead atoms. The number of rotatable bonds is 0. The van der Waals surface area contributed by atoms with Crippen molar-refractivity contribution in [2.45, 2.75) is 0 Å². The van der Waals surface area contributed by atoms with Gasteiger partial charge in [0, 0.05) is 22.4 Å². The van der Waals surface area contributed by atoms with Crippen LogP contribution in [0.25, 0.3) is 11.2 Å². The Hall–Kier alpha value is -0.130. The van der Waals surface area contributed by atoms with Crippen molar-refractivity contribution in [1.82, 2.24) is 19.9 Å². The maximum atomic E-state index is 5.69. The predicted molar refractivity (Wildman–Crippen MR) is 41.7 cm³/mol. The molecule has 2 aromatic rings. The average molecular weight is 297 g/mol. The van der Waals surface area contributed by atoms with Crippen molar-refractivity contribution in [1.29, 1.82) is 0 Å². The standard InChI is InChI=1S/C5H2Cl2N4.Ag/c6-3-2-4(9-1-8-2)11-5(7)10-3;/h1H,(H,8,9,10,11);. The monoisotopic (exact) mass is 295 g/mol. The van der Waals surface area contributed by atoms with Crippen molar-refractivity contribution in [3.8, 4) is 0 Å². The molecule has 0 fully saturated rings. The first kappa shape index (κ1) is 9.95. The van der Waals surface area contributed by atoms with Crippen LogP contribution < -0.4 is 0 Å². The Balaban J connectivity index is 0.000000720. The minimum Gasteiger partial charge on any atom is -0.329 e. The number of aromatic nitrogens is 4. The molecular weight excluding hydrogens is 295 g/mol. The number of halogens is 2. The number of nitrogens with one attached hydrogen (secondary N) is 1. The van der Waals surface area contributed by atoms with Crippen molar-refractivity contribution in [2.75, 3.05) is 0 Å². The molecule has 1 radical (unpaired) electrons. The Bertz CT molecular complexity index is 401. The van der Waals surface area contributed by atoms with Crippen LogP contribution in [0.2, 0.25) is 10.4 Å². The van der Waals surface area contributed by atoms with Crippen molar-refractivity contribution in [2.24, 2.45) is 0 Å². The van der Waals surface area contributed by atoms with Gasteiger partial charge in [0.15, 0.2) is 10.8 Å². The Morgan fingerprint density at radius 2 is 2.00 bits per heavy atom. The zero-order valence-electron chi connectivity index (χ0n) is 5.48. The molecule has 1 N–H and O–H groups in total. The van der Waals surface area contributed by atoms with Gasteiger partial charge in [-0.1, -0.05) is 11.6 Å². The Morgan fingerprint density at radius 3 is 2.75 bits per heavy atom. The van der Waals surface area contributed by atoms with Crippen LogP contribution in [-0.2, 0) is 22.4 Å². The number of imidazole rings is 1. The summed E-state index contributed by atoms with van der Waals surface area (Å²) in [6.07, 6.45) is 1.49. The maximum absolute atomic E-state index is 5.69. The molecule has 0 aliphatic carbocycles. The van der Waals surface area contributed by atoms with Gasteiger partial charge in [-0.3, -0.25) is 0 Å². The van der Waals surface area contributed by atoms with Gasteiger partial charge in [-0.05, 0) is 11.6 Å². The van der Waals surface area contributed by atoms with Crippen LogP contribution in [0.3, 0.4) is 0 Å². The van der Waals surface area contributed by atoms with E-state index in [1.54, 1.807) is 0 Å². The quantitative estimate of drug-likeness (QED) is 0.457. The summed E-state index contributed by atoms with van der Waals surface area (Å²) in [5.74, 6) is 0. The van der Waals surface area contributed by atoms with Gasteiger partial charge < -0.3 is 4.98 Å². The van der Waals surface area contributed by atoms with E-state index < -0.39 is 0 Å². The fourth-order valence-electron chi connectivity index (χ4n) is 0.775. The van der Waals surface area contributed by atoms with Gasteiger partial charge in [-0.15, -0.1) is 0 Å². The van der Waals surface area contributed by atoms with Crippen LogP contribution in [0.4, 0.5) is 0 Å². The zero-order chi connectivity index (χ0) is 7.84. The summed E-state index contributed by atoms with van der Waals surface area (Å²) in [4.78, 5) is 14.2.